The lowest BCUT2D eigenvalue weighted by Crippen LogP contribution is -2.55. The molecule has 0 radical (unpaired) electrons. The molecule has 8 heteroatoms. The molecule has 1 fully saturated rings. The van der Waals surface area contributed by atoms with Crippen molar-refractivity contribution >= 4 is 27.3 Å². The Kier molecular flexibility index (Phi) is 5.79. The number of hydrogen-bond acceptors (Lipinski definition) is 5. The van der Waals surface area contributed by atoms with Crippen molar-refractivity contribution in [3.8, 4) is 0 Å². The Morgan fingerprint density at radius 3 is 2.66 bits per heavy atom. The van der Waals surface area contributed by atoms with E-state index in [1.807, 2.05) is 24.3 Å². The number of piperidine rings is 1. The van der Waals surface area contributed by atoms with Gasteiger partial charge in [0.05, 0.1) is 6.10 Å². The summed E-state index contributed by atoms with van der Waals surface area (Å²) in [5, 5.41) is 11.7. The van der Waals surface area contributed by atoms with E-state index in [0.29, 0.717) is 19.5 Å². The third-order valence-corrected chi connectivity index (χ3v) is 9.23. The van der Waals surface area contributed by atoms with E-state index < -0.39 is 22.2 Å². The van der Waals surface area contributed by atoms with E-state index in [1.165, 1.54) is 15.6 Å². The smallest absolute Gasteiger partial charge is 0.253 e. The first-order chi connectivity index (χ1) is 13.9. The summed E-state index contributed by atoms with van der Waals surface area (Å²) in [7, 11) is -3.77. The van der Waals surface area contributed by atoms with Crippen LogP contribution < -0.4 is 0 Å². The highest BCUT2D eigenvalue weighted by Crippen LogP contribution is 2.32. The highest BCUT2D eigenvalue weighted by Gasteiger charge is 2.42. The third kappa shape index (κ3) is 3.99. The van der Waals surface area contributed by atoms with Crippen LogP contribution in [0, 0.1) is 5.92 Å². The first-order valence-electron chi connectivity index (χ1n) is 9.97. The summed E-state index contributed by atoms with van der Waals surface area (Å²) < 4.78 is 28.3. The summed E-state index contributed by atoms with van der Waals surface area (Å²) in [6, 6.07) is 10.3. The van der Waals surface area contributed by atoms with E-state index >= 15 is 0 Å². The second-order valence-corrected chi connectivity index (χ2v) is 11.0. The van der Waals surface area contributed by atoms with Crippen LogP contribution in [0.2, 0.25) is 0 Å². The fraction of sp³-hybridized carbons (Fsp3) is 0.476. The molecule has 1 N–H and O–H groups in total. The van der Waals surface area contributed by atoms with Crippen molar-refractivity contribution in [2.75, 3.05) is 13.1 Å². The van der Waals surface area contributed by atoms with Gasteiger partial charge in [-0.25, -0.2) is 8.42 Å². The van der Waals surface area contributed by atoms with Crippen LogP contribution in [0.3, 0.4) is 0 Å². The van der Waals surface area contributed by atoms with Gasteiger partial charge in [0.25, 0.3) is 10.0 Å². The Balaban J connectivity index is 1.68. The van der Waals surface area contributed by atoms with Crippen molar-refractivity contribution in [1.82, 2.24) is 9.21 Å². The van der Waals surface area contributed by atoms with E-state index in [9.17, 15) is 18.3 Å². The minimum Gasteiger partial charge on any atom is -0.393 e. The number of carbonyl (C=O) groups excluding carboxylic acids is 1. The predicted octanol–water partition coefficient (Wildman–Crippen LogP) is 2.48. The standard InChI is InChI=1S/C21H26N2O4S2/c1-15(24)17-8-4-10-22(13-17)21(25)19-12-16-6-2-3-7-18(16)14-23(19)29(26,27)20-9-5-11-28-20/h2-3,5-7,9,11,15,17,19,24H,4,8,10,12-14H2,1H3/t15-,17+,19+/m0/s1. The number of hydrogen-bond donors (Lipinski definition) is 1. The molecule has 3 atom stereocenters. The number of benzene rings is 1. The number of thiophene rings is 1. The summed E-state index contributed by atoms with van der Waals surface area (Å²) >= 11 is 1.17. The van der Waals surface area contributed by atoms with E-state index in [4.69, 9.17) is 0 Å². The van der Waals surface area contributed by atoms with E-state index in [1.54, 1.807) is 29.3 Å². The molecule has 6 nitrogen and oxygen atoms in total. The molecule has 2 aliphatic rings. The molecule has 4 rings (SSSR count). The van der Waals surface area contributed by atoms with Crippen molar-refractivity contribution in [3.63, 3.8) is 0 Å². The molecule has 156 valence electrons. The van der Waals surface area contributed by atoms with Gasteiger partial charge in [0.15, 0.2) is 0 Å². The van der Waals surface area contributed by atoms with Gasteiger partial charge >= 0.3 is 0 Å². The number of fused-ring (bicyclic) bond motifs is 1. The third-order valence-electron chi connectivity index (χ3n) is 6.00. The fourth-order valence-electron chi connectivity index (χ4n) is 4.30. The normalized spacial score (nSPS) is 24.1. The van der Waals surface area contributed by atoms with E-state index in [-0.39, 0.29) is 22.6 Å². The van der Waals surface area contributed by atoms with Gasteiger partial charge in [-0.2, -0.15) is 4.31 Å². The molecule has 1 aromatic carbocycles. The van der Waals surface area contributed by atoms with Crippen molar-refractivity contribution in [3.05, 3.63) is 52.9 Å². The van der Waals surface area contributed by atoms with Crippen LogP contribution in [0.5, 0.6) is 0 Å². The molecule has 1 aromatic heterocycles. The van der Waals surface area contributed by atoms with E-state index in [0.717, 1.165) is 24.0 Å². The van der Waals surface area contributed by atoms with Crippen LogP contribution >= 0.6 is 11.3 Å². The molecular weight excluding hydrogens is 408 g/mol. The lowest BCUT2D eigenvalue weighted by Gasteiger charge is -2.40. The van der Waals surface area contributed by atoms with Gasteiger partial charge < -0.3 is 10.0 Å². The second kappa shape index (κ2) is 8.18. The maximum absolute atomic E-state index is 13.5. The Morgan fingerprint density at radius 1 is 1.21 bits per heavy atom. The predicted molar refractivity (Wildman–Crippen MR) is 112 cm³/mol. The summed E-state index contributed by atoms with van der Waals surface area (Å²) in [6.45, 7) is 3.03. The van der Waals surface area contributed by atoms with Crippen LogP contribution in [-0.2, 0) is 27.8 Å². The monoisotopic (exact) mass is 434 g/mol. The Morgan fingerprint density at radius 2 is 1.97 bits per heavy atom. The van der Waals surface area contributed by atoms with Gasteiger partial charge in [0.2, 0.25) is 5.91 Å². The SMILES string of the molecule is C[C@H](O)[C@@H]1CCCN(C(=O)[C@H]2Cc3ccccc3CN2S(=O)(=O)c2cccs2)C1. The molecule has 1 saturated heterocycles. The second-order valence-electron chi connectivity index (χ2n) is 7.90. The Labute approximate surface area is 175 Å². The zero-order chi connectivity index (χ0) is 20.6. The molecule has 2 aliphatic heterocycles. The maximum atomic E-state index is 13.5. The Hall–Kier alpha value is -1.74. The van der Waals surface area contributed by atoms with Crippen LogP contribution in [0.4, 0.5) is 0 Å². The molecule has 29 heavy (non-hydrogen) atoms. The zero-order valence-corrected chi connectivity index (χ0v) is 18.0. The minimum atomic E-state index is -3.77. The topological polar surface area (TPSA) is 77.9 Å². The molecule has 0 bridgehead atoms. The van der Waals surface area contributed by atoms with Crippen molar-refractivity contribution < 1.29 is 18.3 Å². The van der Waals surface area contributed by atoms with Gasteiger partial charge in [0.1, 0.15) is 10.3 Å². The number of aliphatic hydroxyl groups excluding tert-OH is 1. The number of likely N-dealkylation sites (tertiary alicyclic amines) is 1. The largest absolute Gasteiger partial charge is 0.393 e. The van der Waals surface area contributed by atoms with Crippen LogP contribution in [0.25, 0.3) is 0 Å². The highest BCUT2D eigenvalue weighted by atomic mass is 32.2. The summed E-state index contributed by atoms with van der Waals surface area (Å²) in [5.74, 6) is -0.129. The van der Waals surface area contributed by atoms with Gasteiger partial charge in [-0.15, -0.1) is 11.3 Å². The average molecular weight is 435 g/mol. The van der Waals surface area contributed by atoms with Crippen molar-refractivity contribution in [2.24, 2.45) is 5.92 Å². The number of sulfonamides is 1. The van der Waals surface area contributed by atoms with Crippen LogP contribution in [0.1, 0.15) is 30.9 Å². The zero-order valence-electron chi connectivity index (χ0n) is 16.4. The van der Waals surface area contributed by atoms with Crippen LogP contribution in [-0.4, -0.2) is 53.9 Å². The van der Waals surface area contributed by atoms with Gasteiger partial charge in [-0.05, 0) is 48.8 Å². The number of rotatable bonds is 4. The maximum Gasteiger partial charge on any atom is 0.253 e. The quantitative estimate of drug-likeness (QED) is 0.802. The number of nitrogens with zero attached hydrogens (tertiary/aromatic N) is 2. The van der Waals surface area contributed by atoms with E-state index in [2.05, 4.69) is 0 Å². The summed E-state index contributed by atoms with van der Waals surface area (Å²) in [4.78, 5) is 15.2. The first-order valence-corrected chi connectivity index (χ1v) is 12.3. The van der Waals surface area contributed by atoms with Crippen LogP contribution in [0.15, 0.2) is 46.0 Å². The lowest BCUT2D eigenvalue weighted by atomic mass is 9.91. The number of amides is 1. The van der Waals surface area contributed by atoms with Crippen molar-refractivity contribution in [2.45, 2.75) is 49.1 Å². The highest BCUT2D eigenvalue weighted by molar-refractivity contribution is 7.91. The molecule has 3 heterocycles. The van der Waals surface area contributed by atoms with Crippen molar-refractivity contribution in [1.29, 1.82) is 0 Å². The summed E-state index contributed by atoms with van der Waals surface area (Å²) in [6.07, 6.45) is 1.59. The number of carbonyl (C=O) groups is 1. The van der Waals surface area contributed by atoms with Gasteiger partial charge in [0, 0.05) is 25.6 Å². The molecular formula is C21H26N2O4S2. The molecule has 0 saturated carbocycles. The molecule has 0 unspecified atom stereocenters. The molecule has 1 amide bonds. The number of aliphatic hydroxyl groups is 1. The minimum absolute atomic E-state index is 0.0333. The Bertz CT molecular complexity index is 972. The molecule has 2 aromatic rings. The average Bonchev–Trinajstić information content (AvgIpc) is 3.28. The van der Waals surface area contributed by atoms with Gasteiger partial charge in [-0.3, -0.25) is 4.79 Å². The first kappa shape index (κ1) is 20.5. The lowest BCUT2D eigenvalue weighted by molar-refractivity contribution is -0.138. The molecule has 0 aliphatic carbocycles. The van der Waals surface area contributed by atoms with Gasteiger partial charge in [-0.1, -0.05) is 30.3 Å². The fourth-order valence-corrected chi connectivity index (χ4v) is 6.98. The molecule has 0 spiro atoms. The summed E-state index contributed by atoms with van der Waals surface area (Å²) in [5.41, 5.74) is 1.96.